The van der Waals surface area contributed by atoms with Gasteiger partial charge in [-0.25, -0.2) is 0 Å². The molecule has 1 aromatic carbocycles. The number of halogens is 5. The second-order valence-electron chi connectivity index (χ2n) is 5.63. The fourth-order valence-electron chi connectivity index (χ4n) is 2.92. The molecule has 1 heterocycles. The van der Waals surface area contributed by atoms with E-state index >= 15 is 0 Å². The largest absolute Gasteiger partial charge is 0.408 e. The molecule has 1 aliphatic rings. The summed E-state index contributed by atoms with van der Waals surface area (Å²) in [4.78, 5) is 1.42. The van der Waals surface area contributed by atoms with E-state index in [0.29, 0.717) is 17.5 Å². The normalized spacial score (nSPS) is 18.1. The van der Waals surface area contributed by atoms with Crippen molar-refractivity contribution in [2.75, 3.05) is 26.7 Å². The summed E-state index contributed by atoms with van der Waals surface area (Å²) in [6.45, 7) is 2.22. The lowest BCUT2D eigenvalue weighted by Crippen LogP contribution is -2.41. The van der Waals surface area contributed by atoms with Gasteiger partial charge < -0.3 is 5.32 Å². The Balaban J connectivity index is 0.00000242. The molecule has 0 saturated carbocycles. The van der Waals surface area contributed by atoms with Crippen LogP contribution in [0.4, 0.5) is 13.2 Å². The third-order valence-electron chi connectivity index (χ3n) is 3.94. The first kappa shape index (κ1) is 19.6. The topological polar surface area (TPSA) is 15.3 Å². The molecule has 0 aliphatic carbocycles. The van der Waals surface area contributed by atoms with E-state index in [0.717, 1.165) is 25.9 Å². The maximum Gasteiger partial charge on any atom is 0.408 e. The van der Waals surface area contributed by atoms with Gasteiger partial charge in [0.15, 0.2) is 0 Å². The Morgan fingerprint density at radius 3 is 2.27 bits per heavy atom. The number of nitrogens with one attached hydrogen (secondary N) is 1. The van der Waals surface area contributed by atoms with Gasteiger partial charge in [-0.2, -0.15) is 13.2 Å². The average Bonchev–Trinajstić information content (AvgIpc) is 2.41. The van der Waals surface area contributed by atoms with Crippen LogP contribution in [0, 0.1) is 5.92 Å². The van der Waals surface area contributed by atoms with Crippen LogP contribution in [0.1, 0.15) is 24.4 Å². The standard InChI is InChI=1S/C15H20ClF3N2.ClH/c1-21(10-11-6-8-20-9-7-11)14(15(17,18)19)12-2-4-13(16)5-3-12;/h2-5,11,14,20H,6-10H2,1H3;1H. The minimum atomic E-state index is -4.30. The molecule has 1 atom stereocenters. The Labute approximate surface area is 140 Å². The van der Waals surface area contributed by atoms with Gasteiger partial charge in [-0.05, 0) is 56.6 Å². The predicted molar refractivity (Wildman–Crippen MR) is 85.7 cm³/mol. The number of piperidine rings is 1. The highest BCUT2D eigenvalue weighted by Crippen LogP contribution is 2.38. The van der Waals surface area contributed by atoms with E-state index in [-0.39, 0.29) is 18.0 Å². The van der Waals surface area contributed by atoms with Crippen LogP contribution < -0.4 is 5.32 Å². The molecule has 1 aromatic rings. The van der Waals surface area contributed by atoms with E-state index in [9.17, 15) is 13.2 Å². The number of benzene rings is 1. The zero-order chi connectivity index (χ0) is 15.5. The molecule has 7 heteroatoms. The maximum atomic E-state index is 13.4. The number of nitrogens with zero attached hydrogens (tertiary/aromatic N) is 1. The lowest BCUT2D eigenvalue weighted by atomic mass is 9.96. The third kappa shape index (κ3) is 5.30. The molecule has 1 unspecified atom stereocenters. The first-order chi connectivity index (χ1) is 9.88. The molecule has 2 nitrogen and oxygen atoms in total. The summed E-state index contributed by atoms with van der Waals surface area (Å²) in [5.41, 5.74) is 0.239. The van der Waals surface area contributed by atoms with Crippen LogP contribution in [0.15, 0.2) is 24.3 Å². The minimum Gasteiger partial charge on any atom is -0.317 e. The highest BCUT2D eigenvalue weighted by Gasteiger charge is 2.43. The van der Waals surface area contributed by atoms with Crippen molar-refractivity contribution in [1.82, 2.24) is 10.2 Å². The van der Waals surface area contributed by atoms with Crippen molar-refractivity contribution in [3.8, 4) is 0 Å². The molecule has 22 heavy (non-hydrogen) atoms. The van der Waals surface area contributed by atoms with Crippen LogP contribution in [0.5, 0.6) is 0 Å². The molecule has 1 aliphatic heterocycles. The summed E-state index contributed by atoms with van der Waals surface area (Å²) >= 11 is 5.76. The molecule has 0 amide bonds. The van der Waals surface area contributed by atoms with Crippen LogP contribution in [0.25, 0.3) is 0 Å². The Bertz CT molecular complexity index is 445. The van der Waals surface area contributed by atoms with Crippen molar-refractivity contribution in [1.29, 1.82) is 0 Å². The summed E-state index contributed by atoms with van der Waals surface area (Å²) in [6, 6.07) is 4.35. The second kappa shape index (κ2) is 8.39. The molecule has 126 valence electrons. The van der Waals surface area contributed by atoms with Gasteiger partial charge in [0, 0.05) is 11.6 Å². The first-order valence-electron chi connectivity index (χ1n) is 7.11. The van der Waals surface area contributed by atoms with Crippen LogP contribution in [0.2, 0.25) is 5.02 Å². The van der Waals surface area contributed by atoms with Crippen molar-refractivity contribution >= 4 is 24.0 Å². The number of alkyl halides is 3. The van der Waals surface area contributed by atoms with E-state index in [4.69, 9.17) is 11.6 Å². The van der Waals surface area contributed by atoms with Gasteiger partial charge in [0.25, 0.3) is 0 Å². The number of hydrogen-bond donors (Lipinski definition) is 1. The van der Waals surface area contributed by atoms with Crippen LogP contribution >= 0.6 is 24.0 Å². The average molecular weight is 357 g/mol. The Kier molecular flexibility index (Phi) is 7.46. The second-order valence-corrected chi connectivity index (χ2v) is 6.07. The van der Waals surface area contributed by atoms with Gasteiger partial charge in [0.05, 0.1) is 0 Å². The molecule has 1 saturated heterocycles. The predicted octanol–water partition coefficient (Wildman–Crippen LogP) is 4.30. The van der Waals surface area contributed by atoms with Gasteiger partial charge in [0.1, 0.15) is 6.04 Å². The summed E-state index contributed by atoms with van der Waals surface area (Å²) in [6.07, 6.45) is -2.44. The third-order valence-corrected chi connectivity index (χ3v) is 4.19. The van der Waals surface area contributed by atoms with Crippen molar-refractivity contribution in [3.63, 3.8) is 0 Å². The Morgan fingerprint density at radius 1 is 1.23 bits per heavy atom. The molecule has 2 rings (SSSR count). The van der Waals surface area contributed by atoms with E-state index in [1.165, 1.54) is 29.2 Å². The highest BCUT2D eigenvalue weighted by molar-refractivity contribution is 6.30. The highest BCUT2D eigenvalue weighted by atomic mass is 35.5. The van der Waals surface area contributed by atoms with Gasteiger partial charge in [0.2, 0.25) is 0 Å². The van der Waals surface area contributed by atoms with Crippen molar-refractivity contribution < 1.29 is 13.2 Å². The Hall–Kier alpha value is -0.490. The molecule has 1 N–H and O–H groups in total. The van der Waals surface area contributed by atoms with E-state index < -0.39 is 12.2 Å². The SMILES string of the molecule is CN(CC1CCNCC1)C(c1ccc(Cl)cc1)C(F)(F)F.Cl. The zero-order valence-corrected chi connectivity index (χ0v) is 13.9. The molecule has 0 bridgehead atoms. The summed E-state index contributed by atoms with van der Waals surface area (Å²) < 4.78 is 40.3. The molecule has 1 fully saturated rings. The van der Waals surface area contributed by atoms with Gasteiger partial charge >= 0.3 is 6.18 Å². The van der Waals surface area contributed by atoms with E-state index in [2.05, 4.69) is 5.32 Å². The number of hydrogen-bond acceptors (Lipinski definition) is 2. The Morgan fingerprint density at radius 2 is 1.77 bits per heavy atom. The molecule has 0 radical (unpaired) electrons. The van der Waals surface area contributed by atoms with Crippen LogP contribution in [0.3, 0.4) is 0 Å². The summed E-state index contributed by atoms with van der Waals surface area (Å²) in [7, 11) is 1.55. The maximum absolute atomic E-state index is 13.4. The monoisotopic (exact) mass is 356 g/mol. The fraction of sp³-hybridized carbons (Fsp3) is 0.600. The van der Waals surface area contributed by atoms with E-state index in [1.807, 2.05) is 0 Å². The van der Waals surface area contributed by atoms with Gasteiger partial charge in [-0.1, -0.05) is 23.7 Å². The summed E-state index contributed by atoms with van der Waals surface area (Å²) in [5.74, 6) is 0.313. The zero-order valence-electron chi connectivity index (χ0n) is 12.4. The molecule has 0 aromatic heterocycles. The first-order valence-corrected chi connectivity index (χ1v) is 7.49. The lowest BCUT2D eigenvalue weighted by molar-refractivity contribution is -0.184. The van der Waals surface area contributed by atoms with Crippen molar-refractivity contribution in [3.05, 3.63) is 34.9 Å². The van der Waals surface area contributed by atoms with Gasteiger partial charge in [-0.3, -0.25) is 4.90 Å². The van der Waals surface area contributed by atoms with Crippen LogP contribution in [-0.4, -0.2) is 37.8 Å². The molecule has 0 spiro atoms. The minimum absolute atomic E-state index is 0. The lowest BCUT2D eigenvalue weighted by Gasteiger charge is -2.34. The number of rotatable bonds is 4. The van der Waals surface area contributed by atoms with Gasteiger partial charge in [-0.15, -0.1) is 12.4 Å². The summed E-state index contributed by atoms with van der Waals surface area (Å²) in [5, 5.41) is 3.68. The quantitative estimate of drug-likeness (QED) is 0.865. The van der Waals surface area contributed by atoms with E-state index in [1.54, 1.807) is 7.05 Å². The van der Waals surface area contributed by atoms with Crippen LogP contribution in [-0.2, 0) is 0 Å². The van der Waals surface area contributed by atoms with Crippen molar-refractivity contribution in [2.45, 2.75) is 25.1 Å². The smallest absolute Gasteiger partial charge is 0.317 e. The molecular formula is C15H21Cl2F3N2. The fourth-order valence-corrected chi connectivity index (χ4v) is 3.04. The molecular weight excluding hydrogens is 336 g/mol. The van der Waals surface area contributed by atoms with Crippen molar-refractivity contribution in [2.24, 2.45) is 5.92 Å².